The first-order valence-corrected chi connectivity index (χ1v) is 7.00. The molecule has 2 aromatic rings. The number of hydrogen-bond acceptors (Lipinski definition) is 6. The van der Waals surface area contributed by atoms with Gasteiger partial charge in [0.1, 0.15) is 10.8 Å². The normalized spacial score (nSPS) is 12.2. The first kappa shape index (κ1) is 13.6. The molecule has 1 unspecified atom stereocenters. The van der Waals surface area contributed by atoms with Crippen LogP contribution in [0, 0.1) is 6.92 Å². The lowest BCUT2D eigenvalue weighted by Gasteiger charge is -2.13. The number of nitrogens with zero attached hydrogens (tertiary/aromatic N) is 2. The molecule has 0 aliphatic heterocycles. The Bertz CT molecular complexity index is 555. The van der Waals surface area contributed by atoms with Crippen LogP contribution in [0.1, 0.15) is 29.8 Å². The number of aromatic nitrogens is 2. The molecule has 0 radical (unpaired) electrons. The van der Waals surface area contributed by atoms with Gasteiger partial charge >= 0.3 is 0 Å². The maximum atomic E-state index is 5.80. The smallest absolute Gasteiger partial charge is 0.239 e. The summed E-state index contributed by atoms with van der Waals surface area (Å²) in [6.45, 7) is 6.54. The fourth-order valence-corrected chi connectivity index (χ4v) is 2.42. The lowest BCUT2D eigenvalue weighted by Crippen LogP contribution is -2.09. The summed E-state index contributed by atoms with van der Waals surface area (Å²) in [5, 5.41) is 4.33. The number of nitrogen functional groups attached to an aromatic ring is 1. The lowest BCUT2D eigenvalue weighted by atomic mass is 10.3. The van der Waals surface area contributed by atoms with E-state index in [1.54, 1.807) is 17.4 Å². The molecule has 102 valence electrons. The molecule has 0 amide bonds. The van der Waals surface area contributed by atoms with Gasteiger partial charge in [-0.3, -0.25) is 0 Å². The van der Waals surface area contributed by atoms with Crippen LogP contribution < -0.4 is 15.8 Å². The predicted molar refractivity (Wildman–Crippen MR) is 78.7 cm³/mol. The zero-order valence-corrected chi connectivity index (χ0v) is 12.1. The van der Waals surface area contributed by atoms with E-state index >= 15 is 0 Å². The Hall–Kier alpha value is -1.82. The van der Waals surface area contributed by atoms with E-state index in [2.05, 4.69) is 22.2 Å². The molecule has 0 aliphatic rings. The maximum absolute atomic E-state index is 5.80. The van der Waals surface area contributed by atoms with Crippen molar-refractivity contribution >= 4 is 22.8 Å². The van der Waals surface area contributed by atoms with Crippen LogP contribution in [-0.4, -0.2) is 16.6 Å². The molecule has 0 aliphatic carbocycles. The van der Waals surface area contributed by atoms with Crippen LogP contribution in [0.3, 0.4) is 0 Å². The van der Waals surface area contributed by atoms with Crippen LogP contribution in [0.5, 0.6) is 5.88 Å². The summed E-state index contributed by atoms with van der Waals surface area (Å²) in [6, 6.07) is 3.74. The average molecular weight is 278 g/mol. The number of anilines is 2. The summed E-state index contributed by atoms with van der Waals surface area (Å²) in [5.41, 5.74) is 6.34. The van der Waals surface area contributed by atoms with E-state index in [0.717, 1.165) is 10.8 Å². The lowest BCUT2D eigenvalue weighted by molar-refractivity contribution is 0.329. The molecule has 0 aromatic carbocycles. The van der Waals surface area contributed by atoms with E-state index in [0.29, 0.717) is 18.2 Å². The van der Waals surface area contributed by atoms with Crippen molar-refractivity contribution < 1.29 is 4.74 Å². The van der Waals surface area contributed by atoms with Crippen molar-refractivity contribution in [3.8, 4) is 5.88 Å². The van der Waals surface area contributed by atoms with Crippen molar-refractivity contribution in [3.05, 3.63) is 28.2 Å². The summed E-state index contributed by atoms with van der Waals surface area (Å²) in [7, 11) is 0. The summed E-state index contributed by atoms with van der Waals surface area (Å²) in [6.07, 6.45) is 1.88. The minimum Gasteiger partial charge on any atom is -0.476 e. The van der Waals surface area contributed by atoms with E-state index in [9.17, 15) is 0 Å². The number of aryl methyl sites for hydroxylation is 1. The van der Waals surface area contributed by atoms with Gasteiger partial charge in [0.25, 0.3) is 0 Å². The molecular formula is C13H18N4OS. The predicted octanol–water partition coefficient (Wildman–Crippen LogP) is 3.00. The fourth-order valence-electron chi connectivity index (χ4n) is 1.64. The highest BCUT2D eigenvalue weighted by Gasteiger charge is 2.11. The summed E-state index contributed by atoms with van der Waals surface area (Å²) >= 11 is 1.68. The van der Waals surface area contributed by atoms with Crippen molar-refractivity contribution in [1.82, 2.24) is 9.97 Å². The van der Waals surface area contributed by atoms with E-state index in [4.69, 9.17) is 10.5 Å². The van der Waals surface area contributed by atoms with Gasteiger partial charge < -0.3 is 15.8 Å². The summed E-state index contributed by atoms with van der Waals surface area (Å²) < 4.78 is 5.38. The van der Waals surface area contributed by atoms with Crippen LogP contribution in [0.15, 0.2) is 18.3 Å². The molecule has 0 saturated heterocycles. The molecule has 19 heavy (non-hydrogen) atoms. The number of hydrogen-bond donors (Lipinski definition) is 2. The highest BCUT2D eigenvalue weighted by atomic mass is 32.1. The molecular weight excluding hydrogens is 260 g/mol. The van der Waals surface area contributed by atoms with Gasteiger partial charge in [-0.05, 0) is 32.9 Å². The van der Waals surface area contributed by atoms with Crippen molar-refractivity contribution in [2.45, 2.75) is 26.8 Å². The Kier molecular flexibility index (Phi) is 4.21. The quantitative estimate of drug-likeness (QED) is 0.879. The molecule has 6 heteroatoms. The van der Waals surface area contributed by atoms with Gasteiger partial charge in [-0.25, -0.2) is 4.98 Å². The number of nitrogens with one attached hydrogen (secondary N) is 1. The third-order valence-electron chi connectivity index (χ3n) is 2.54. The maximum Gasteiger partial charge on any atom is 0.239 e. The zero-order chi connectivity index (χ0) is 13.8. The Morgan fingerprint density at radius 1 is 1.47 bits per heavy atom. The Labute approximate surface area is 116 Å². The highest BCUT2D eigenvalue weighted by Crippen LogP contribution is 2.25. The van der Waals surface area contributed by atoms with Crippen molar-refractivity contribution in [2.75, 3.05) is 17.7 Å². The van der Waals surface area contributed by atoms with Crippen LogP contribution in [0.4, 0.5) is 11.5 Å². The zero-order valence-electron chi connectivity index (χ0n) is 11.3. The average Bonchev–Trinajstić information content (AvgIpc) is 2.80. The van der Waals surface area contributed by atoms with Gasteiger partial charge in [0.05, 0.1) is 18.3 Å². The summed E-state index contributed by atoms with van der Waals surface area (Å²) in [4.78, 5) is 9.91. The third-order valence-corrected chi connectivity index (χ3v) is 3.64. The molecule has 2 heterocycles. The standard InChI is InChI=1S/C13H18N4OS/c1-4-18-12-10(14)5-6-11(17-12)16-9(3)13-15-7-8(2)19-13/h5-7,9H,4,14H2,1-3H3,(H,16,17). The second-order valence-electron chi connectivity index (χ2n) is 4.20. The van der Waals surface area contributed by atoms with Crippen molar-refractivity contribution in [3.63, 3.8) is 0 Å². The minimum absolute atomic E-state index is 0.101. The second-order valence-corrected chi connectivity index (χ2v) is 5.47. The number of pyridine rings is 1. The molecule has 0 bridgehead atoms. The van der Waals surface area contributed by atoms with Crippen molar-refractivity contribution in [2.24, 2.45) is 0 Å². The first-order chi connectivity index (χ1) is 9.10. The second kappa shape index (κ2) is 5.88. The highest BCUT2D eigenvalue weighted by molar-refractivity contribution is 7.11. The van der Waals surface area contributed by atoms with Gasteiger partial charge in [0.2, 0.25) is 5.88 Å². The molecule has 0 saturated carbocycles. The van der Waals surface area contributed by atoms with E-state index in [-0.39, 0.29) is 6.04 Å². The summed E-state index contributed by atoms with van der Waals surface area (Å²) in [5.74, 6) is 1.20. The minimum atomic E-state index is 0.101. The van der Waals surface area contributed by atoms with Gasteiger partial charge in [0, 0.05) is 11.1 Å². The van der Waals surface area contributed by atoms with Crippen LogP contribution >= 0.6 is 11.3 Å². The van der Waals surface area contributed by atoms with Crippen LogP contribution in [0.2, 0.25) is 0 Å². The van der Waals surface area contributed by atoms with Gasteiger partial charge in [-0.15, -0.1) is 11.3 Å². The van der Waals surface area contributed by atoms with Gasteiger partial charge in [0.15, 0.2) is 0 Å². The van der Waals surface area contributed by atoms with E-state index < -0.39 is 0 Å². The third kappa shape index (κ3) is 3.35. The fraction of sp³-hybridized carbons (Fsp3) is 0.385. The SMILES string of the molecule is CCOc1nc(NC(C)c2ncc(C)s2)ccc1N. The van der Waals surface area contributed by atoms with E-state index in [1.165, 1.54) is 4.88 Å². The molecule has 3 N–H and O–H groups in total. The topological polar surface area (TPSA) is 73.1 Å². The largest absolute Gasteiger partial charge is 0.476 e. The molecule has 0 fully saturated rings. The Morgan fingerprint density at radius 2 is 2.26 bits per heavy atom. The van der Waals surface area contributed by atoms with Crippen LogP contribution in [-0.2, 0) is 0 Å². The van der Waals surface area contributed by atoms with Gasteiger partial charge in [-0.2, -0.15) is 4.98 Å². The molecule has 0 spiro atoms. The van der Waals surface area contributed by atoms with E-state index in [1.807, 2.05) is 26.1 Å². The number of ether oxygens (including phenoxy) is 1. The van der Waals surface area contributed by atoms with Gasteiger partial charge in [-0.1, -0.05) is 0 Å². The van der Waals surface area contributed by atoms with Crippen molar-refractivity contribution in [1.29, 1.82) is 0 Å². The van der Waals surface area contributed by atoms with Crippen LogP contribution in [0.25, 0.3) is 0 Å². The Balaban J connectivity index is 2.12. The number of rotatable bonds is 5. The number of thiazole rings is 1. The molecule has 2 aromatic heterocycles. The Morgan fingerprint density at radius 3 is 2.89 bits per heavy atom. The monoisotopic (exact) mass is 278 g/mol. The molecule has 2 rings (SSSR count). The molecule has 1 atom stereocenters. The first-order valence-electron chi connectivity index (χ1n) is 6.18. The number of nitrogens with two attached hydrogens (primary N) is 1. The molecule has 5 nitrogen and oxygen atoms in total.